The summed E-state index contributed by atoms with van der Waals surface area (Å²) in [5.41, 5.74) is 2.29. The highest BCUT2D eigenvalue weighted by Crippen LogP contribution is 2.33. The third kappa shape index (κ3) is 3.56. The maximum Gasteiger partial charge on any atom is 0.264 e. The number of carbonyl (C=O) groups excluding carboxylic acids is 3. The molecule has 0 saturated carbocycles. The smallest absolute Gasteiger partial charge is 0.264 e. The van der Waals surface area contributed by atoms with Crippen molar-refractivity contribution in [1.82, 2.24) is 14.8 Å². The fourth-order valence-electron chi connectivity index (χ4n) is 4.23. The molecule has 3 amide bonds. The highest BCUT2D eigenvalue weighted by molar-refractivity contribution is 7.13. The van der Waals surface area contributed by atoms with Gasteiger partial charge in [0.25, 0.3) is 17.7 Å². The maximum absolute atomic E-state index is 13.2. The van der Waals surface area contributed by atoms with Crippen LogP contribution < -0.4 is 4.90 Å². The van der Waals surface area contributed by atoms with E-state index in [0.717, 1.165) is 15.4 Å². The summed E-state index contributed by atoms with van der Waals surface area (Å²) in [6.07, 6.45) is 1.65. The first-order valence-corrected chi connectivity index (χ1v) is 11.3. The molecule has 3 aromatic rings. The molecule has 1 fully saturated rings. The van der Waals surface area contributed by atoms with E-state index in [0.29, 0.717) is 43.0 Å². The predicted molar refractivity (Wildman–Crippen MR) is 122 cm³/mol. The zero-order valence-electron chi connectivity index (χ0n) is 17.7. The fourth-order valence-corrected chi connectivity index (χ4v) is 5.07. The van der Waals surface area contributed by atoms with Gasteiger partial charge < -0.3 is 9.80 Å². The SMILES string of the molecule is Cc1ccc(C(=O)N2CCN(c3cccc4c3C(=O)N(Cc3ccccn3)C4=O)CC2)s1. The Balaban J connectivity index is 1.34. The van der Waals surface area contributed by atoms with Crippen molar-refractivity contribution in [2.24, 2.45) is 0 Å². The summed E-state index contributed by atoms with van der Waals surface area (Å²) in [6.45, 7) is 4.49. The second-order valence-electron chi connectivity index (χ2n) is 7.91. The summed E-state index contributed by atoms with van der Waals surface area (Å²) < 4.78 is 0. The molecule has 7 nitrogen and oxygen atoms in total. The van der Waals surface area contributed by atoms with Crippen LogP contribution in [0.1, 0.15) is 41.0 Å². The van der Waals surface area contributed by atoms with Gasteiger partial charge in [0, 0.05) is 37.3 Å². The van der Waals surface area contributed by atoms with Crippen LogP contribution in [0.15, 0.2) is 54.7 Å². The highest BCUT2D eigenvalue weighted by Gasteiger charge is 2.39. The molecule has 8 heteroatoms. The molecule has 2 aliphatic heterocycles. The Labute approximate surface area is 189 Å². The minimum Gasteiger partial charge on any atom is -0.367 e. The first-order valence-electron chi connectivity index (χ1n) is 10.5. The molecule has 0 bridgehead atoms. The van der Waals surface area contributed by atoms with Crippen LogP contribution in [0.25, 0.3) is 0 Å². The van der Waals surface area contributed by atoms with Crippen LogP contribution in [0.4, 0.5) is 5.69 Å². The first-order chi connectivity index (χ1) is 15.5. The number of benzene rings is 1. The van der Waals surface area contributed by atoms with E-state index in [9.17, 15) is 14.4 Å². The monoisotopic (exact) mass is 446 g/mol. The maximum atomic E-state index is 13.2. The molecule has 0 unspecified atom stereocenters. The number of anilines is 1. The zero-order chi connectivity index (χ0) is 22.2. The van der Waals surface area contributed by atoms with Gasteiger partial charge in [-0.15, -0.1) is 11.3 Å². The van der Waals surface area contributed by atoms with Gasteiger partial charge in [0.05, 0.1) is 33.9 Å². The Hall–Kier alpha value is -3.52. The normalized spacial score (nSPS) is 16.0. The van der Waals surface area contributed by atoms with E-state index < -0.39 is 0 Å². The minimum atomic E-state index is -0.293. The van der Waals surface area contributed by atoms with Gasteiger partial charge in [-0.05, 0) is 43.3 Å². The first kappa shape index (κ1) is 20.4. The summed E-state index contributed by atoms with van der Waals surface area (Å²) in [5, 5.41) is 0. The molecule has 1 saturated heterocycles. The number of nitrogens with zero attached hydrogens (tertiary/aromatic N) is 4. The average molecular weight is 447 g/mol. The van der Waals surface area contributed by atoms with Crippen LogP contribution >= 0.6 is 11.3 Å². The molecule has 1 aromatic carbocycles. The van der Waals surface area contributed by atoms with Crippen LogP contribution in [-0.2, 0) is 6.54 Å². The van der Waals surface area contributed by atoms with E-state index in [1.54, 1.807) is 24.4 Å². The van der Waals surface area contributed by atoms with Gasteiger partial charge in [-0.1, -0.05) is 12.1 Å². The number of hydrogen-bond acceptors (Lipinski definition) is 6. The number of rotatable bonds is 4. The van der Waals surface area contributed by atoms with Crippen LogP contribution in [0.3, 0.4) is 0 Å². The van der Waals surface area contributed by atoms with E-state index in [4.69, 9.17) is 0 Å². The number of carbonyl (C=O) groups is 3. The molecule has 0 atom stereocenters. The number of imide groups is 1. The topological polar surface area (TPSA) is 73.8 Å². The van der Waals surface area contributed by atoms with Gasteiger partial charge >= 0.3 is 0 Å². The molecule has 4 heterocycles. The van der Waals surface area contributed by atoms with Crippen LogP contribution in [0, 0.1) is 6.92 Å². The number of amides is 3. The van der Waals surface area contributed by atoms with Crippen LogP contribution in [0.5, 0.6) is 0 Å². The summed E-state index contributed by atoms with van der Waals surface area (Å²) in [5.74, 6) is -0.535. The number of fused-ring (bicyclic) bond motifs is 1. The average Bonchev–Trinajstić information content (AvgIpc) is 3.36. The molecular weight excluding hydrogens is 424 g/mol. The van der Waals surface area contributed by atoms with Crippen molar-refractivity contribution in [3.05, 3.63) is 81.3 Å². The van der Waals surface area contributed by atoms with Crippen molar-refractivity contribution < 1.29 is 14.4 Å². The largest absolute Gasteiger partial charge is 0.367 e. The van der Waals surface area contributed by atoms with Gasteiger partial charge in [0.15, 0.2) is 0 Å². The van der Waals surface area contributed by atoms with Gasteiger partial charge in [-0.25, -0.2) is 0 Å². The standard InChI is InChI=1S/C24H22N4O3S/c1-16-8-9-20(32-16)23(30)27-13-11-26(12-14-27)19-7-4-6-18-21(19)24(31)28(22(18)29)15-17-5-2-3-10-25-17/h2-10H,11-15H2,1H3. The summed E-state index contributed by atoms with van der Waals surface area (Å²) in [7, 11) is 0. The lowest BCUT2D eigenvalue weighted by atomic mass is 10.1. The molecule has 2 aliphatic rings. The van der Waals surface area contributed by atoms with Crippen molar-refractivity contribution in [1.29, 1.82) is 0 Å². The van der Waals surface area contributed by atoms with Crippen molar-refractivity contribution >= 4 is 34.7 Å². The molecule has 0 N–H and O–H groups in total. The summed E-state index contributed by atoms with van der Waals surface area (Å²) in [4.78, 5) is 50.3. The lowest BCUT2D eigenvalue weighted by Gasteiger charge is -2.36. The molecular formula is C24H22N4O3S. The van der Waals surface area contributed by atoms with Crippen molar-refractivity contribution in [3.63, 3.8) is 0 Å². The van der Waals surface area contributed by atoms with Crippen LogP contribution in [-0.4, -0.2) is 58.7 Å². The molecule has 0 spiro atoms. The van der Waals surface area contributed by atoms with Crippen LogP contribution in [0.2, 0.25) is 0 Å². The van der Waals surface area contributed by atoms with Gasteiger partial charge in [-0.3, -0.25) is 24.3 Å². The third-order valence-electron chi connectivity index (χ3n) is 5.88. The van der Waals surface area contributed by atoms with E-state index in [1.165, 1.54) is 16.2 Å². The van der Waals surface area contributed by atoms with Crippen molar-refractivity contribution in [3.8, 4) is 0 Å². The number of thiophene rings is 1. The molecule has 0 radical (unpaired) electrons. The Morgan fingerprint density at radius 3 is 2.47 bits per heavy atom. The number of hydrogen-bond donors (Lipinski definition) is 0. The Bertz CT molecular complexity index is 1200. The molecule has 0 aliphatic carbocycles. The van der Waals surface area contributed by atoms with E-state index in [1.807, 2.05) is 42.2 Å². The molecule has 2 aromatic heterocycles. The van der Waals surface area contributed by atoms with Gasteiger partial charge in [-0.2, -0.15) is 0 Å². The molecule has 32 heavy (non-hydrogen) atoms. The predicted octanol–water partition coefficient (Wildman–Crippen LogP) is 3.21. The van der Waals surface area contributed by atoms with Gasteiger partial charge in [0.1, 0.15) is 0 Å². The van der Waals surface area contributed by atoms with E-state index in [2.05, 4.69) is 9.88 Å². The Kier molecular flexibility index (Phi) is 5.22. The van der Waals surface area contributed by atoms with E-state index >= 15 is 0 Å². The summed E-state index contributed by atoms with van der Waals surface area (Å²) >= 11 is 1.51. The Morgan fingerprint density at radius 2 is 1.78 bits per heavy atom. The fraction of sp³-hybridized carbons (Fsp3) is 0.250. The van der Waals surface area contributed by atoms with Crippen molar-refractivity contribution in [2.75, 3.05) is 31.1 Å². The third-order valence-corrected chi connectivity index (χ3v) is 6.87. The number of pyridine rings is 1. The lowest BCUT2D eigenvalue weighted by molar-refractivity contribution is 0.0639. The second-order valence-corrected chi connectivity index (χ2v) is 9.19. The molecule has 5 rings (SSSR count). The number of aryl methyl sites for hydroxylation is 1. The quantitative estimate of drug-likeness (QED) is 0.576. The van der Waals surface area contributed by atoms with Gasteiger partial charge in [0.2, 0.25) is 0 Å². The Morgan fingerprint density at radius 1 is 0.969 bits per heavy atom. The second kappa shape index (κ2) is 8.20. The lowest BCUT2D eigenvalue weighted by Crippen LogP contribution is -2.49. The zero-order valence-corrected chi connectivity index (χ0v) is 18.5. The molecule has 162 valence electrons. The highest BCUT2D eigenvalue weighted by atomic mass is 32.1. The number of aromatic nitrogens is 1. The number of piperazine rings is 1. The van der Waals surface area contributed by atoms with Crippen molar-refractivity contribution in [2.45, 2.75) is 13.5 Å². The van der Waals surface area contributed by atoms with E-state index in [-0.39, 0.29) is 24.3 Å². The summed E-state index contributed by atoms with van der Waals surface area (Å²) in [6, 6.07) is 14.7. The minimum absolute atomic E-state index is 0.0498.